The Morgan fingerprint density at radius 1 is 1.67 bits per heavy atom. The van der Waals surface area contributed by atoms with E-state index in [1.807, 2.05) is 0 Å². The molecule has 0 radical (unpaired) electrons. The van der Waals surface area contributed by atoms with Crippen LogP contribution in [0.25, 0.3) is 0 Å². The number of carbonyl (C=O) groups excluding carboxylic acids is 1. The maximum atomic E-state index is 10.3. The van der Waals surface area contributed by atoms with E-state index in [1.54, 1.807) is 0 Å². The molecule has 0 bridgehead atoms. The molecule has 6 heavy (non-hydrogen) atoms. The second-order valence-corrected chi connectivity index (χ2v) is 3.74. The number of hydrogen-bond acceptors (Lipinski definition) is 1. The minimum absolute atomic E-state index is 0.389. The van der Waals surface area contributed by atoms with E-state index in [4.69, 9.17) is 0 Å². The van der Waals surface area contributed by atoms with Crippen molar-refractivity contribution < 1.29 is 4.79 Å². The van der Waals surface area contributed by atoms with Crippen molar-refractivity contribution in [3.8, 4) is 0 Å². The molecule has 2 heteroatoms. The van der Waals surface area contributed by atoms with Gasteiger partial charge in [0.1, 0.15) is 0 Å². The average molecular weight is 149 g/mol. The quantitative estimate of drug-likeness (QED) is 0.456. The summed E-state index contributed by atoms with van der Waals surface area (Å²) in [5.41, 5.74) is 0. The monoisotopic (exact) mass is 150 g/mol. The topological polar surface area (TPSA) is 17.1 Å². The molecule has 0 unspecified atom stereocenters. The molecule has 1 nitrogen and oxygen atoms in total. The van der Waals surface area contributed by atoms with Crippen LogP contribution in [-0.2, 0) is 4.79 Å². The van der Waals surface area contributed by atoms with E-state index in [2.05, 4.69) is 0 Å². The summed E-state index contributed by atoms with van der Waals surface area (Å²) in [4.78, 5) is 10.3. The number of carbonyl (C=O) groups is 1. The zero-order valence-electron chi connectivity index (χ0n) is 3.44. The van der Waals surface area contributed by atoms with E-state index in [0.29, 0.717) is 19.6 Å². The third-order valence-electron chi connectivity index (χ3n) is 0.788. The molecule has 1 aliphatic rings. The molecule has 0 aromatic heterocycles. The van der Waals surface area contributed by atoms with Gasteiger partial charge in [-0.25, -0.2) is 0 Å². The Hall–Kier alpha value is 0.189. The molecular weight excluding hydrogens is 143 g/mol. The van der Waals surface area contributed by atoms with Crippen LogP contribution in [0.15, 0.2) is 0 Å². The van der Waals surface area contributed by atoms with Gasteiger partial charge >= 0.3 is 42.6 Å². The van der Waals surface area contributed by atoms with Crippen LogP contribution in [0.2, 0.25) is 5.32 Å². The van der Waals surface area contributed by atoms with Crippen molar-refractivity contribution in [1.82, 2.24) is 0 Å². The summed E-state index contributed by atoms with van der Waals surface area (Å²) >= 11 is 0.389. The third-order valence-corrected chi connectivity index (χ3v) is 2.93. The fraction of sp³-hybridized carbons (Fsp3) is 0.750. The van der Waals surface area contributed by atoms with E-state index in [1.165, 1.54) is 11.7 Å². The zero-order valence-corrected chi connectivity index (χ0v) is 5.15. The van der Waals surface area contributed by atoms with Gasteiger partial charge in [0.25, 0.3) is 0 Å². The van der Waals surface area contributed by atoms with E-state index in [0.717, 1.165) is 6.42 Å². The molecule has 1 aliphatic heterocycles. The van der Waals surface area contributed by atoms with Crippen molar-refractivity contribution in [3.05, 3.63) is 0 Å². The van der Waals surface area contributed by atoms with Crippen LogP contribution in [0.5, 0.6) is 0 Å². The Bertz CT molecular complexity index is 61.9. The third kappa shape index (κ3) is 0.825. The second kappa shape index (κ2) is 1.76. The predicted molar refractivity (Wildman–Crippen MR) is 24.8 cm³/mol. The van der Waals surface area contributed by atoms with Gasteiger partial charge in [0.05, 0.1) is 0 Å². The number of rotatable bonds is 0. The molecule has 1 rings (SSSR count). The van der Waals surface area contributed by atoms with E-state index in [-0.39, 0.29) is 0 Å². The predicted octanol–water partition coefficient (Wildman–Crippen LogP) is 0.429. The van der Waals surface area contributed by atoms with Crippen LogP contribution >= 0.6 is 0 Å². The Kier molecular flexibility index (Phi) is 1.28. The molecule has 0 aromatic rings. The van der Waals surface area contributed by atoms with E-state index < -0.39 is 0 Å². The minimum atomic E-state index is 0.389. The summed E-state index contributed by atoms with van der Waals surface area (Å²) in [5, 5.41) is 1.20. The van der Waals surface area contributed by atoms with Gasteiger partial charge in [-0.05, 0) is 0 Å². The van der Waals surface area contributed by atoms with Gasteiger partial charge in [-0.2, -0.15) is 0 Å². The normalized spacial score (nSPS) is 22.3. The van der Waals surface area contributed by atoms with Crippen LogP contribution in [0.1, 0.15) is 12.8 Å². The van der Waals surface area contributed by atoms with Crippen LogP contribution in [0, 0.1) is 0 Å². The second-order valence-electron chi connectivity index (χ2n) is 1.32. The van der Waals surface area contributed by atoms with Crippen molar-refractivity contribution in [2.45, 2.75) is 18.2 Å². The molecule has 0 spiro atoms. The van der Waals surface area contributed by atoms with Crippen LogP contribution in [-0.4, -0.2) is 19.6 Å². The van der Waals surface area contributed by atoms with Gasteiger partial charge in [-0.15, -0.1) is 0 Å². The van der Waals surface area contributed by atoms with Gasteiger partial charge in [-0.3, -0.25) is 0 Å². The summed E-state index contributed by atoms with van der Waals surface area (Å²) in [5.74, 6) is 0. The fourth-order valence-electron chi connectivity index (χ4n) is 0.475. The Morgan fingerprint density at radius 3 is 2.67 bits per heavy atom. The molecule has 0 saturated carbocycles. The summed E-state index contributed by atoms with van der Waals surface area (Å²) in [6, 6.07) is 0. The first-order valence-electron chi connectivity index (χ1n) is 2.05. The van der Waals surface area contributed by atoms with Crippen molar-refractivity contribution >= 4 is 19.6 Å². The van der Waals surface area contributed by atoms with Gasteiger partial charge in [0.15, 0.2) is 0 Å². The summed E-state index contributed by atoms with van der Waals surface area (Å²) in [6.45, 7) is 0. The molecule has 1 saturated heterocycles. The summed E-state index contributed by atoms with van der Waals surface area (Å²) in [7, 11) is 0. The van der Waals surface area contributed by atoms with Gasteiger partial charge in [-0.1, -0.05) is 0 Å². The molecule has 0 aromatic carbocycles. The molecule has 0 aliphatic carbocycles. The molecule has 0 N–H and O–H groups in total. The zero-order chi connectivity index (χ0) is 4.41. The first-order chi connectivity index (χ1) is 2.89. The maximum absolute atomic E-state index is 10.3. The molecular formula is C4H6OSe. The van der Waals surface area contributed by atoms with Crippen LogP contribution in [0.3, 0.4) is 0 Å². The molecule has 0 amide bonds. The van der Waals surface area contributed by atoms with Gasteiger partial charge in [0.2, 0.25) is 0 Å². The van der Waals surface area contributed by atoms with Crippen molar-refractivity contribution in [2.75, 3.05) is 0 Å². The Balaban J connectivity index is 2.37. The number of hydrogen-bond donors (Lipinski definition) is 0. The summed E-state index contributed by atoms with van der Waals surface area (Å²) in [6.07, 6.45) is 2.04. The molecule has 34 valence electrons. The van der Waals surface area contributed by atoms with Gasteiger partial charge in [0, 0.05) is 0 Å². The van der Waals surface area contributed by atoms with Crippen molar-refractivity contribution in [3.63, 3.8) is 0 Å². The van der Waals surface area contributed by atoms with E-state index in [9.17, 15) is 4.79 Å². The Morgan fingerprint density at radius 2 is 2.50 bits per heavy atom. The van der Waals surface area contributed by atoms with Crippen LogP contribution < -0.4 is 0 Å². The fourth-order valence-corrected chi connectivity index (χ4v) is 2.16. The van der Waals surface area contributed by atoms with E-state index >= 15 is 0 Å². The van der Waals surface area contributed by atoms with Crippen molar-refractivity contribution in [1.29, 1.82) is 0 Å². The molecule has 1 heterocycles. The SMILES string of the molecule is O=C1CCC[Se]1. The van der Waals surface area contributed by atoms with Gasteiger partial charge < -0.3 is 0 Å². The average Bonchev–Trinajstić information content (AvgIpc) is 1.86. The molecule has 0 atom stereocenters. The Labute approximate surface area is 43.3 Å². The van der Waals surface area contributed by atoms with Crippen LogP contribution in [0.4, 0.5) is 0 Å². The molecule has 1 fully saturated rings. The summed E-state index contributed by atoms with van der Waals surface area (Å²) < 4.78 is 0.516. The first-order valence-corrected chi connectivity index (χ1v) is 4.12. The standard InChI is InChI=1S/C4H6OSe/c5-4-2-1-3-6-4/h1-3H2. The van der Waals surface area contributed by atoms with Crippen molar-refractivity contribution in [2.24, 2.45) is 0 Å². The first kappa shape index (κ1) is 4.35.